The average molecular weight is 286 g/mol. The van der Waals surface area contributed by atoms with Crippen molar-refractivity contribution in [2.45, 2.75) is 24.9 Å². The monoisotopic (exact) mass is 286 g/mol. The topological polar surface area (TPSA) is 37.3 Å². The van der Waals surface area contributed by atoms with E-state index >= 15 is 0 Å². The van der Waals surface area contributed by atoms with Gasteiger partial charge in [-0.1, -0.05) is 48.5 Å². The molecular weight excluding hydrogens is 268 g/mol. The highest BCUT2D eigenvalue weighted by Crippen LogP contribution is 2.20. The lowest BCUT2D eigenvalue weighted by Gasteiger charge is -2.06. The van der Waals surface area contributed by atoms with E-state index in [0.717, 1.165) is 17.1 Å². The fraction of sp³-hybridized carbons (Fsp3) is 0.235. The number of carboxylic acid groups (broad SMARTS) is 1. The molecule has 3 heteroatoms. The standard InChI is InChI=1S/C17H18O2S/c1-13-4-2-3-5-16(13)12-20-11-15-8-6-14(7-9-15)10-17(18)19/h2-9H,10-12H2,1H3,(H,18,19). The van der Waals surface area contributed by atoms with Crippen LogP contribution in [0.2, 0.25) is 0 Å². The van der Waals surface area contributed by atoms with Crippen LogP contribution in [0.4, 0.5) is 0 Å². The van der Waals surface area contributed by atoms with E-state index in [-0.39, 0.29) is 6.42 Å². The molecule has 104 valence electrons. The molecule has 0 bridgehead atoms. The van der Waals surface area contributed by atoms with Crippen molar-refractivity contribution in [2.75, 3.05) is 0 Å². The molecule has 0 atom stereocenters. The molecule has 0 spiro atoms. The maximum absolute atomic E-state index is 10.6. The number of thioether (sulfide) groups is 1. The first-order valence-electron chi connectivity index (χ1n) is 6.57. The number of carboxylic acids is 1. The summed E-state index contributed by atoms with van der Waals surface area (Å²) in [4.78, 5) is 10.6. The smallest absolute Gasteiger partial charge is 0.307 e. The van der Waals surface area contributed by atoms with Crippen LogP contribution in [0.3, 0.4) is 0 Å². The van der Waals surface area contributed by atoms with Crippen molar-refractivity contribution in [3.8, 4) is 0 Å². The van der Waals surface area contributed by atoms with Gasteiger partial charge in [-0.15, -0.1) is 0 Å². The van der Waals surface area contributed by atoms with Crippen LogP contribution in [0.25, 0.3) is 0 Å². The van der Waals surface area contributed by atoms with Crippen molar-refractivity contribution in [3.63, 3.8) is 0 Å². The van der Waals surface area contributed by atoms with E-state index in [1.54, 1.807) is 0 Å². The van der Waals surface area contributed by atoms with Gasteiger partial charge in [0.05, 0.1) is 6.42 Å². The Labute approximate surface area is 123 Å². The predicted octanol–water partition coefficient (Wildman–Crippen LogP) is 4.06. The van der Waals surface area contributed by atoms with E-state index in [1.807, 2.05) is 36.0 Å². The number of rotatable bonds is 6. The van der Waals surface area contributed by atoms with Crippen LogP contribution in [0.5, 0.6) is 0 Å². The van der Waals surface area contributed by atoms with Crippen LogP contribution in [0, 0.1) is 6.92 Å². The second-order valence-corrected chi connectivity index (χ2v) is 5.79. The van der Waals surface area contributed by atoms with Gasteiger partial charge in [0.1, 0.15) is 0 Å². The number of aliphatic carboxylic acids is 1. The molecule has 0 saturated heterocycles. The van der Waals surface area contributed by atoms with Gasteiger partial charge in [-0.2, -0.15) is 11.8 Å². The number of carbonyl (C=O) groups is 1. The molecule has 0 heterocycles. The van der Waals surface area contributed by atoms with Crippen molar-refractivity contribution in [2.24, 2.45) is 0 Å². The van der Waals surface area contributed by atoms with E-state index in [9.17, 15) is 4.79 Å². The first-order valence-corrected chi connectivity index (χ1v) is 7.72. The molecule has 0 aromatic heterocycles. The highest BCUT2D eigenvalue weighted by atomic mass is 32.2. The Morgan fingerprint density at radius 1 is 1.00 bits per heavy atom. The lowest BCUT2D eigenvalue weighted by Crippen LogP contribution is -1.99. The van der Waals surface area contributed by atoms with Crippen molar-refractivity contribution in [1.29, 1.82) is 0 Å². The lowest BCUT2D eigenvalue weighted by atomic mass is 10.1. The van der Waals surface area contributed by atoms with Gasteiger partial charge in [0.15, 0.2) is 0 Å². The third kappa shape index (κ3) is 4.42. The van der Waals surface area contributed by atoms with Gasteiger partial charge in [0.25, 0.3) is 0 Å². The quantitative estimate of drug-likeness (QED) is 0.870. The molecule has 2 nitrogen and oxygen atoms in total. The van der Waals surface area contributed by atoms with Crippen LogP contribution in [0.15, 0.2) is 48.5 Å². The molecule has 1 N–H and O–H groups in total. The minimum atomic E-state index is -0.785. The largest absolute Gasteiger partial charge is 0.481 e. The first-order chi connectivity index (χ1) is 9.65. The maximum Gasteiger partial charge on any atom is 0.307 e. The Morgan fingerprint density at radius 2 is 1.65 bits per heavy atom. The minimum absolute atomic E-state index is 0.0939. The molecule has 2 aromatic rings. The Balaban J connectivity index is 1.85. The van der Waals surface area contributed by atoms with Gasteiger partial charge in [-0.25, -0.2) is 0 Å². The third-order valence-electron chi connectivity index (χ3n) is 3.17. The zero-order valence-electron chi connectivity index (χ0n) is 11.5. The molecule has 0 radical (unpaired) electrons. The molecule has 20 heavy (non-hydrogen) atoms. The van der Waals surface area contributed by atoms with Crippen LogP contribution in [0.1, 0.15) is 22.3 Å². The highest BCUT2D eigenvalue weighted by molar-refractivity contribution is 7.97. The van der Waals surface area contributed by atoms with Crippen LogP contribution >= 0.6 is 11.8 Å². The Hall–Kier alpha value is -1.74. The van der Waals surface area contributed by atoms with Crippen LogP contribution in [-0.2, 0) is 22.7 Å². The number of aryl methyl sites for hydroxylation is 1. The normalized spacial score (nSPS) is 10.4. The molecule has 0 fully saturated rings. The Kier molecular flexibility index (Phi) is 5.24. The first kappa shape index (κ1) is 14.7. The van der Waals surface area contributed by atoms with Gasteiger partial charge >= 0.3 is 5.97 Å². The van der Waals surface area contributed by atoms with Crippen molar-refractivity contribution >= 4 is 17.7 Å². The molecule has 0 unspecified atom stereocenters. The summed E-state index contributed by atoms with van der Waals surface area (Å²) < 4.78 is 0. The zero-order chi connectivity index (χ0) is 14.4. The summed E-state index contributed by atoms with van der Waals surface area (Å²) in [5.74, 6) is 1.16. The van der Waals surface area contributed by atoms with Crippen LogP contribution < -0.4 is 0 Å². The van der Waals surface area contributed by atoms with Gasteiger partial charge in [0.2, 0.25) is 0 Å². The number of benzene rings is 2. The molecule has 2 rings (SSSR count). The highest BCUT2D eigenvalue weighted by Gasteiger charge is 2.01. The zero-order valence-corrected chi connectivity index (χ0v) is 12.3. The van der Waals surface area contributed by atoms with E-state index in [2.05, 4.69) is 31.2 Å². The molecule has 0 amide bonds. The summed E-state index contributed by atoms with van der Waals surface area (Å²) in [5, 5.41) is 8.73. The van der Waals surface area contributed by atoms with Crippen LogP contribution in [-0.4, -0.2) is 11.1 Å². The van der Waals surface area contributed by atoms with Crippen molar-refractivity contribution in [1.82, 2.24) is 0 Å². The summed E-state index contributed by atoms with van der Waals surface area (Å²) in [6.45, 7) is 2.14. The predicted molar refractivity (Wildman–Crippen MR) is 84.0 cm³/mol. The summed E-state index contributed by atoms with van der Waals surface area (Å²) in [5.41, 5.74) is 4.79. The maximum atomic E-state index is 10.6. The minimum Gasteiger partial charge on any atom is -0.481 e. The summed E-state index contributed by atoms with van der Waals surface area (Å²) in [6.07, 6.45) is 0.0939. The van der Waals surface area contributed by atoms with Gasteiger partial charge < -0.3 is 5.11 Å². The van der Waals surface area contributed by atoms with E-state index in [0.29, 0.717) is 0 Å². The third-order valence-corrected chi connectivity index (χ3v) is 4.22. The molecule has 0 aliphatic rings. The Morgan fingerprint density at radius 3 is 2.30 bits per heavy atom. The van der Waals surface area contributed by atoms with Gasteiger partial charge in [-0.05, 0) is 29.2 Å². The fourth-order valence-electron chi connectivity index (χ4n) is 1.98. The van der Waals surface area contributed by atoms with E-state index in [1.165, 1.54) is 16.7 Å². The number of hydrogen-bond donors (Lipinski definition) is 1. The SMILES string of the molecule is Cc1ccccc1CSCc1ccc(CC(=O)O)cc1. The fourth-order valence-corrected chi connectivity index (χ4v) is 3.05. The molecule has 0 saturated carbocycles. The molecular formula is C17H18O2S. The lowest BCUT2D eigenvalue weighted by molar-refractivity contribution is -0.136. The molecule has 0 aliphatic heterocycles. The molecule has 0 aliphatic carbocycles. The summed E-state index contributed by atoms with van der Waals surface area (Å²) >= 11 is 1.88. The Bertz CT molecular complexity index is 576. The molecule has 2 aromatic carbocycles. The average Bonchev–Trinajstić information content (AvgIpc) is 2.42. The summed E-state index contributed by atoms with van der Waals surface area (Å²) in [7, 11) is 0. The summed E-state index contributed by atoms with van der Waals surface area (Å²) in [6, 6.07) is 16.3. The second kappa shape index (κ2) is 7.15. The number of hydrogen-bond acceptors (Lipinski definition) is 2. The van der Waals surface area contributed by atoms with Gasteiger partial charge in [-0.3, -0.25) is 4.79 Å². The second-order valence-electron chi connectivity index (χ2n) is 4.81. The van der Waals surface area contributed by atoms with Gasteiger partial charge in [0, 0.05) is 11.5 Å². The van der Waals surface area contributed by atoms with Crippen molar-refractivity contribution in [3.05, 3.63) is 70.8 Å². The van der Waals surface area contributed by atoms with E-state index in [4.69, 9.17) is 5.11 Å². The van der Waals surface area contributed by atoms with E-state index < -0.39 is 5.97 Å². The van der Waals surface area contributed by atoms with Crippen molar-refractivity contribution < 1.29 is 9.90 Å².